The Morgan fingerprint density at radius 3 is 2.96 bits per heavy atom. The number of non-ortho nitro benzene ring substituents is 1. The summed E-state index contributed by atoms with van der Waals surface area (Å²) in [6.45, 7) is 5.31. The van der Waals surface area contributed by atoms with Crippen LogP contribution < -0.4 is 15.8 Å². The lowest BCUT2D eigenvalue weighted by molar-refractivity contribution is -0.384. The molecule has 1 aromatic rings. The van der Waals surface area contributed by atoms with Crippen molar-refractivity contribution in [2.75, 3.05) is 26.7 Å². The molecule has 8 nitrogen and oxygen atoms in total. The van der Waals surface area contributed by atoms with Crippen LogP contribution in [0.2, 0.25) is 0 Å². The second-order valence-electron chi connectivity index (χ2n) is 5.76. The van der Waals surface area contributed by atoms with Crippen LogP contribution in [0.3, 0.4) is 0 Å². The molecule has 1 fully saturated rings. The van der Waals surface area contributed by atoms with Crippen LogP contribution in [-0.2, 0) is 6.54 Å². The van der Waals surface area contributed by atoms with Gasteiger partial charge in [-0.15, -0.1) is 24.0 Å². The number of rotatable bonds is 7. The summed E-state index contributed by atoms with van der Waals surface area (Å²) >= 11 is 0. The van der Waals surface area contributed by atoms with Crippen molar-refractivity contribution in [1.29, 1.82) is 0 Å². The Balaban J connectivity index is 0.00000312. The zero-order chi connectivity index (χ0) is 17.5. The fourth-order valence-corrected chi connectivity index (χ4v) is 2.99. The molecule has 1 aromatic carbocycles. The fraction of sp³-hybridized carbons (Fsp3) is 0.562. The largest absolute Gasteiger partial charge is 0.496 e. The Morgan fingerprint density at radius 1 is 1.56 bits per heavy atom. The topological polar surface area (TPSA) is 106 Å². The minimum Gasteiger partial charge on any atom is -0.496 e. The molecule has 25 heavy (non-hydrogen) atoms. The molecule has 2 rings (SSSR count). The molecule has 0 aliphatic carbocycles. The zero-order valence-corrected chi connectivity index (χ0v) is 16.9. The van der Waals surface area contributed by atoms with Gasteiger partial charge in [-0.1, -0.05) is 6.92 Å². The van der Waals surface area contributed by atoms with E-state index >= 15 is 0 Å². The molecule has 0 spiro atoms. The molecular formula is C16H26IN5O3. The number of halogens is 1. The minimum atomic E-state index is -0.437. The average Bonchev–Trinajstić information content (AvgIpc) is 3.05. The van der Waals surface area contributed by atoms with Gasteiger partial charge in [-0.3, -0.25) is 15.0 Å². The average molecular weight is 463 g/mol. The van der Waals surface area contributed by atoms with Crippen molar-refractivity contribution in [3.05, 3.63) is 33.9 Å². The van der Waals surface area contributed by atoms with Crippen molar-refractivity contribution in [2.24, 2.45) is 10.7 Å². The van der Waals surface area contributed by atoms with Crippen molar-refractivity contribution in [1.82, 2.24) is 10.2 Å². The number of hydrogen-bond donors (Lipinski definition) is 2. The number of nitrogens with one attached hydrogen (secondary N) is 1. The third-order valence-electron chi connectivity index (χ3n) is 4.32. The molecule has 0 bridgehead atoms. The molecular weight excluding hydrogens is 437 g/mol. The highest BCUT2D eigenvalue weighted by Crippen LogP contribution is 2.24. The fourth-order valence-electron chi connectivity index (χ4n) is 2.99. The Bertz CT molecular complexity index is 611. The molecule has 1 aliphatic rings. The van der Waals surface area contributed by atoms with Crippen LogP contribution in [0.5, 0.6) is 5.75 Å². The van der Waals surface area contributed by atoms with Gasteiger partial charge >= 0.3 is 0 Å². The molecule has 1 heterocycles. The van der Waals surface area contributed by atoms with Crippen molar-refractivity contribution in [3.8, 4) is 5.75 Å². The molecule has 0 aromatic heterocycles. The number of hydrogen-bond acceptors (Lipinski definition) is 5. The van der Waals surface area contributed by atoms with Gasteiger partial charge in [-0.25, -0.2) is 4.99 Å². The van der Waals surface area contributed by atoms with Gasteiger partial charge in [-0.2, -0.15) is 0 Å². The van der Waals surface area contributed by atoms with Crippen LogP contribution >= 0.6 is 24.0 Å². The van der Waals surface area contributed by atoms with Crippen LogP contribution in [0, 0.1) is 10.1 Å². The number of likely N-dealkylation sites (N-methyl/N-ethyl adjacent to an activating group) is 1. The van der Waals surface area contributed by atoms with E-state index in [4.69, 9.17) is 10.5 Å². The van der Waals surface area contributed by atoms with Gasteiger partial charge in [0.25, 0.3) is 5.69 Å². The number of aliphatic imine (C=N–C) groups is 1. The first-order chi connectivity index (χ1) is 11.5. The van der Waals surface area contributed by atoms with Crippen LogP contribution in [0.4, 0.5) is 5.69 Å². The standard InChI is InChI=1S/C16H25N5O3.HI/c1-3-20-8-4-5-14(20)11-19-16(17)18-10-12-9-13(21(22)23)6-7-15(12)24-2;/h6-7,9,14H,3-5,8,10-11H2,1-2H3,(H3,17,18,19);1H. The van der Waals surface area contributed by atoms with Crippen molar-refractivity contribution < 1.29 is 9.66 Å². The highest BCUT2D eigenvalue weighted by molar-refractivity contribution is 14.0. The number of ether oxygens (including phenoxy) is 1. The summed E-state index contributed by atoms with van der Waals surface area (Å²) in [5.74, 6) is 0.900. The van der Waals surface area contributed by atoms with Crippen LogP contribution in [-0.4, -0.2) is 48.6 Å². The lowest BCUT2D eigenvalue weighted by Gasteiger charge is -2.23. The van der Waals surface area contributed by atoms with E-state index in [-0.39, 0.29) is 36.2 Å². The van der Waals surface area contributed by atoms with E-state index in [0.717, 1.165) is 26.1 Å². The number of likely N-dealkylation sites (tertiary alicyclic amines) is 1. The van der Waals surface area contributed by atoms with Crippen molar-refractivity contribution >= 4 is 35.6 Å². The van der Waals surface area contributed by atoms with Gasteiger partial charge in [0, 0.05) is 30.3 Å². The van der Waals surface area contributed by atoms with E-state index in [9.17, 15) is 10.1 Å². The molecule has 1 saturated heterocycles. The van der Waals surface area contributed by atoms with E-state index in [1.54, 1.807) is 6.07 Å². The third-order valence-corrected chi connectivity index (χ3v) is 4.32. The van der Waals surface area contributed by atoms with Crippen LogP contribution in [0.25, 0.3) is 0 Å². The summed E-state index contributed by atoms with van der Waals surface area (Å²) in [6, 6.07) is 4.93. The minimum absolute atomic E-state index is 0. The molecule has 140 valence electrons. The Morgan fingerprint density at radius 2 is 2.32 bits per heavy atom. The molecule has 0 amide bonds. The lowest BCUT2D eigenvalue weighted by Crippen LogP contribution is -2.42. The van der Waals surface area contributed by atoms with Crippen LogP contribution in [0.1, 0.15) is 25.3 Å². The highest BCUT2D eigenvalue weighted by atomic mass is 127. The quantitative estimate of drug-likeness (QED) is 0.211. The van der Waals surface area contributed by atoms with Gasteiger partial charge in [0.05, 0.1) is 18.6 Å². The van der Waals surface area contributed by atoms with E-state index in [0.29, 0.717) is 23.3 Å². The van der Waals surface area contributed by atoms with E-state index in [2.05, 4.69) is 22.1 Å². The third kappa shape index (κ3) is 5.99. The highest BCUT2D eigenvalue weighted by Gasteiger charge is 2.22. The molecule has 3 N–H and O–H groups in total. The Hall–Kier alpha value is -1.62. The molecule has 9 heteroatoms. The summed E-state index contributed by atoms with van der Waals surface area (Å²) in [4.78, 5) is 17.1. The normalized spacial score (nSPS) is 17.8. The SMILES string of the molecule is CCN1CCCC1CNC(N)=NCc1cc([N+](=O)[O-])ccc1OC.I. The number of guanidine groups is 1. The first-order valence-corrected chi connectivity index (χ1v) is 8.14. The Labute approximate surface area is 165 Å². The number of nitro benzene ring substituents is 1. The maximum Gasteiger partial charge on any atom is 0.270 e. The smallest absolute Gasteiger partial charge is 0.270 e. The summed E-state index contributed by atoms with van der Waals surface area (Å²) in [5, 5.41) is 14.0. The number of methoxy groups -OCH3 is 1. The Kier molecular flexibility index (Phi) is 8.90. The zero-order valence-electron chi connectivity index (χ0n) is 14.6. The van der Waals surface area contributed by atoms with Gasteiger partial charge < -0.3 is 15.8 Å². The second-order valence-corrected chi connectivity index (χ2v) is 5.76. The lowest BCUT2D eigenvalue weighted by atomic mass is 10.2. The molecule has 1 atom stereocenters. The monoisotopic (exact) mass is 463 g/mol. The van der Waals surface area contributed by atoms with E-state index < -0.39 is 4.92 Å². The molecule has 1 aliphatic heterocycles. The first kappa shape index (κ1) is 21.4. The van der Waals surface area contributed by atoms with E-state index in [1.807, 2.05) is 0 Å². The van der Waals surface area contributed by atoms with Gasteiger partial charge in [0.2, 0.25) is 0 Å². The number of nitrogens with two attached hydrogens (primary N) is 1. The van der Waals surface area contributed by atoms with Gasteiger partial charge in [0.15, 0.2) is 5.96 Å². The van der Waals surface area contributed by atoms with Gasteiger partial charge in [0.1, 0.15) is 5.75 Å². The van der Waals surface area contributed by atoms with E-state index in [1.165, 1.54) is 25.7 Å². The second kappa shape index (κ2) is 10.4. The van der Waals surface area contributed by atoms with Crippen LogP contribution in [0.15, 0.2) is 23.2 Å². The maximum absolute atomic E-state index is 10.9. The predicted octanol–water partition coefficient (Wildman–Crippen LogP) is 2.11. The molecule has 0 radical (unpaired) electrons. The van der Waals surface area contributed by atoms with Gasteiger partial charge in [-0.05, 0) is 32.0 Å². The van der Waals surface area contributed by atoms with Crippen molar-refractivity contribution in [3.63, 3.8) is 0 Å². The summed E-state index contributed by atoms with van der Waals surface area (Å²) in [6.07, 6.45) is 2.37. The molecule has 1 unspecified atom stereocenters. The number of nitro groups is 1. The summed E-state index contributed by atoms with van der Waals surface area (Å²) in [7, 11) is 1.52. The number of nitrogens with zero attached hydrogens (tertiary/aromatic N) is 3. The maximum atomic E-state index is 10.9. The van der Waals surface area contributed by atoms with Crippen molar-refractivity contribution in [2.45, 2.75) is 32.4 Å². The summed E-state index contributed by atoms with van der Waals surface area (Å²) < 4.78 is 5.22. The predicted molar refractivity (Wildman–Crippen MR) is 109 cm³/mol. The first-order valence-electron chi connectivity index (χ1n) is 8.14. The number of benzene rings is 1. The summed E-state index contributed by atoms with van der Waals surface area (Å²) in [5.41, 5.74) is 6.56. The molecule has 0 saturated carbocycles.